The fourth-order valence-corrected chi connectivity index (χ4v) is 2.50. The van der Waals surface area contributed by atoms with Crippen molar-refractivity contribution in [2.45, 2.75) is 91.1 Å². The minimum atomic E-state index is -9.30. The molecule has 0 aromatic rings. The van der Waals surface area contributed by atoms with Crippen molar-refractivity contribution in [1.82, 2.24) is 0 Å². The number of rotatable bonds is 15. The third-order valence-corrected chi connectivity index (χ3v) is 5.05. The van der Waals surface area contributed by atoms with Crippen molar-refractivity contribution in [3.05, 3.63) is 0 Å². The number of Topliss-reactive ketones (excluding diaryl/α,β-unsaturated/α-hetero) is 1. The van der Waals surface area contributed by atoms with Gasteiger partial charge in [-0.05, 0) is 0 Å². The smallest absolute Gasteiger partial charge is 0.462 e. The number of carbonyl (C=O) groups is 2. The standard InChI is InChI=1S/C17H3F29O7/c18-4(9(24,25)26,2(47)1-3(48)49)50-15(41,42)6(21,11(30,31)32)52-17(45,46)8(23,13(36,37)38)53-16(43,44)7(22,12(33,34)35)51-14(39,40)5(19,20)10(27,28)29/h1H2,(H,48,49). The van der Waals surface area contributed by atoms with E-state index in [0.717, 1.165) is 14.2 Å². The van der Waals surface area contributed by atoms with Crippen molar-refractivity contribution in [2.75, 3.05) is 0 Å². The molecule has 0 fully saturated rings. The summed E-state index contributed by atoms with van der Waals surface area (Å²) in [5.74, 6) is -50.6. The minimum absolute atomic E-state index is 0.826. The molecule has 36 heteroatoms. The predicted molar refractivity (Wildman–Crippen MR) is 92.0 cm³/mol. The maximum Gasteiger partial charge on any atom is 0.462 e. The first-order valence-corrected chi connectivity index (χ1v) is 11.0. The van der Waals surface area contributed by atoms with Crippen molar-refractivity contribution in [1.29, 1.82) is 0 Å². The minimum Gasteiger partial charge on any atom is -0.481 e. The van der Waals surface area contributed by atoms with Gasteiger partial charge in [0.2, 0.25) is 5.78 Å². The van der Waals surface area contributed by atoms with Gasteiger partial charge in [-0.25, -0.2) is 0 Å². The number of ketones is 1. The van der Waals surface area contributed by atoms with E-state index in [1.165, 1.54) is 4.74 Å². The highest BCUT2D eigenvalue weighted by molar-refractivity contribution is 5.99. The molecule has 0 amide bonds. The molecule has 0 heterocycles. The van der Waals surface area contributed by atoms with E-state index >= 15 is 0 Å². The molecule has 0 saturated carbocycles. The van der Waals surface area contributed by atoms with Crippen LogP contribution in [0.5, 0.6) is 0 Å². The van der Waals surface area contributed by atoms with Crippen LogP contribution < -0.4 is 0 Å². The summed E-state index contributed by atoms with van der Waals surface area (Å²) in [7, 11) is 0. The average molecular weight is 870 g/mol. The van der Waals surface area contributed by atoms with Gasteiger partial charge < -0.3 is 5.11 Å². The van der Waals surface area contributed by atoms with Crippen LogP contribution in [0.25, 0.3) is 0 Å². The van der Waals surface area contributed by atoms with Crippen molar-refractivity contribution in [3.63, 3.8) is 0 Å². The zero-order chi connectivity index (χ0) is 43.7. The van der Waals surface area contributed by atoms with Gasteiger partial charge in [0.1, 0.15) is 6.42 Å². The van der Waals surface area contributed by atoms with E-state index in [0.29, 0.717) is 0 Å². The Kier molecular flexibility index (Phi) is 12.5. The van der Waals surface area contributed by atoms with Gasteiger partial charge >= 0.3 is 90.6 Å². The highest BCUT2D eigenvalue weighted by Gasteiger charge is 2.90. The Morgan fingerprint density at radius 1 is 0.358 bits per heavy atom. The van der Waals surface area contributed by atoms with E-state index in [9.17, 15) is 137 Å². The number of halogens is 29. The van der Waals surface area contributed by atoms with Crippen molar-refractivity contribution in [2.24, 2.45) is 0 Å². The molecule has 0 rings (SSSR count). The zero-order valence-corrected chi connectivity index (χ0v) is 22.6. The van der Waals surface area contributed by atoms with Gasteiger partial charge in [0, 0.05) is 0 Å². The van der Waals surface area contributed by atoms with Crippen molar-refractivity contribution in [3.8, 4) is 0 Å². The van der Waals surface area contributed by atoms with Gasteiger partial charge in [0.15, 0.2) is 0 Å². The van der Waals surface area contributed by atoms with Crippen LogP contribution in [-0.2, 0) is 28.5 Å². The molecule has 53 heavy (non-hydrogen) atoms. The molecule has 0 saturated heterocycles. The van der Waals surface area contributed by atoms with Gasteiger partial charge in [-0.3, -0.25) is 28.5 Å². The molecule has 0 aliphatic rings. The third kappa shape index (κ3) is 8.61. The first kappa shape index (κ1) is 49.9. The van der Waals surface area contributed by atoms with Crippen LogP contribution in [0.3, 0.4) is 0 Å². The molecule has 7 nitrogen and oxygen atoms in total. The Morgan fingerprint density at radius 3 is 0.811 bits per heavy atom. The fourth-order valence-electron chi connectivity index (χ4n) is 2.50. The highest BCUT2D eigenvalue weighted by atomic mass is 19.4. The van der Waals surface area contributed by atoms with Crippen molar-refractivity contribution >= 4 is 11.8 Å². The second-order valence-corrected chi connectivity index (χ2v) is 8.91. The maximum absolute atomic E-state index is 14.5. The van der Waals surface area contributed by atoms with Crippen molar-refractivity contribution < 1.29 is 161 Å². The molecule has 0 aromatic carbocycles. The molecular formula is C17H3F29O7. The van der Waals surface area contributed by atoms with Crippen LogP contribution in [0.15, 0.2) is 0 Å². The van der Waals surface area contributed by atoms with E-state index < -0.39 is 103 Å². The average Bonchev–Trinajstić information content (AvgIpc) is 2.83. The van der Waals surface area contributed by atoms with E-state index in [-0.39, 0.29) is 0 Å². The molecule has 0 radical (unpaired) electrons. The molecule has 4 unspecified atom stereocenters. The summed E-state index contributed by atoms with van der Waals surface area (Å²) in [6, 6.07) is 0. The molecule has 0 spiro atoms. The number of hydrogen-bond acceptors (Lipinski definition) is 6. The van der Waals surface area contributed by atoms with Crippen LogP contribution >= 0.6 is 0 Å². The van der Waals surface area contributed by atoms with E-state index in [2.05, 4.69) is 0 Å². The molecule has 0 bridgehead atoms. The molecule has 4 atom stereocenters. The van der Waals surface area contributed by atoms with E-state index in [4.69, 9.17) is 5.11 Å². The lowest BCUT2D eigenvalue weighted by atomic mass is 10.1. The van der Waals surface area contributed by atoms with Gasteiger partial charge in [-0.15, -0.1) is 0 Å². The van der Waals surface area contributed by atoms with Crippen LogP contribution in [0, 0.1) is 0 Å². The summed E-state index contributed by atoms with van der Waals surface area (Å²) >= 11 is 0. The Bertz CT molecular complexity index is 1340. The Morgan fingerprint density at radius 2 is 0.604 bits per heavy atom. The van der Waals surface area contributed by atoms with E-state index in [1.807, 2.05) is 0 Å². The molecule has 1 N–H and O–H groups in total. The summed E-state index contributed by atoms with van der Waals surface area (Å²) in [4.78, 5) is 21.4. The number of carboxylic acid groups (broad SMARTS) is 1. The normalized spacial score (nSPS) is 19.9. The SMILES string of the molecule is O=C(O)CC(=O)C(F)(OC(F)(F)C(F)(OC(F)(F)C(F)(OC(F)(F)C(F)(OC(F)(F)C(F)(F)C(F)(F)F)C(F)(F)F)C(F)(F)F)C(F)(F)F)C(F)(F)F. The largest absolute Gasteiger partial charge is 0.481 e. The zero-order valence-electron chi connectivity index (χ0n) is 22.6. The summed E-state index contributed by atoms with van der Waals surface area (Å²) in [6.07, 6.45) is -81.2. The number of carbonyl (C=O) groups excluding carboxylic acids is 1. The lowest BCUT2D eigenvalue weighted by molar-refractivity contribution is -0.592. The number of aliphatic carboxylic acids is 1. The number of alkyl halides is 29. The van der Waals surface area contributed by atoms with E-state index in [1.54, 1.807) is 0 Å². The fraction of sp³-hybridized carbons (Fsp3) is 0.882. The lowest BCUT2D eigenvalue weighted by Crippen LogP contribution is -2.72. The first-order valence-electron chi connectivity index (χ1n) is 11.0. The van der Waals surface area contributed by atoms with Crippen LogP contribution in [0.2, 0.25) is 0 Å². The highest BCUT2D eigenvalue weighted by Crippen LogP contribution is 2.61. The Hall–Kier alpha value is -3.05. The van der Waals surface area contributed by atoms with Crippen LogP contribution in [0.4, 0.5) is 127 Å². The maximum atomic E-state index is 14.5. The summed E-state index contributed by atoms with van der Waals surface area (Å²) < 4.78 is 391. The van der Waals surface area contributed by atoms with Gasteiger partial charge in [-0.1, -0.05) is 0 Å². The Balaban J connectivity index is 7.76. The number of carboxylic acids is 1. The number of hydrogen-bond donors (Lipinski definition) is 1. The van der Waals surface area contributed by atoms with Crippen LogP contribution in [-0.4, -0.2) is 102 Å². The summed E-state index contributed by atoms with van der Waals surface area (Å²) in [5, 5.41) is 8.12. The third-order valence-electron chi connectivity index (χ3n) is 5.05. The van der Waals surface area contributed by atoms with Gasteiger partial charge in [0.05, 0.1) is 0 Å². The molecule has 316 valence electrons. The van der Waals surface area contributed by atoms with Gasteiger partial charge in [0.25, 0.3) is 0 Å². The monoisotopic (exact) mass is 870 g/mol. The summed E-state index contributed by atoms with van der Waals surface area (Å²) in [5.41, 5.74) is 0. The summed E-state index contributed by atoms with van der Waals surface area (Å²) in [6.45, 7) is 0. The molecular weight excluding hydrogens is 867 g/mol. The lowest BCUT2D eigenvalue weighted by Gasteiger charge is -2.44. The molecule has 0 aliphatic heterocycles. The van der Waals surface area contributed by atoms with Gasteiger partial charge in [-0.2, -0.15) is 127 Å². The second-order valence-electron chi connectivity index (χ2n) is 8.91. The number of ether oxygens (including phenoxy) is 4. The second kappa shape index (κ2) is 13.3. The molecule has 0 aromatic heterocycles. The Labute approximate surface area is 265 Å². The first-order chi connectivity index (χ1) is 22.4. The van der Waals surface area contributed by atoms with Crippen LogP contribution in [0.1, 0.15) is 6.42 Å². The molecule has 0 aliphatic carbocycles. The quantitative estimate of drug-likeness (QED) is 0.130. The predicted octanol–water partition coefficient (Wildman–Crippen LogP) is 8.58. The topological polar surface area (TPSA) is 91.3 Å².